The molecule has 0 spiro atoms. The molecule has 0 fully saturated rings. The molecule has 0 aliphatic rings. The predicted octanol–water partition coefficient (Wildman–Crippen LogP) is 4.95. The van der Waals surface area contributed by atoms with E-state index in [-0.39, 0.29) is 40.7 Å². The second-order valence-corrected chi connectivity index (χ2v) is 9.07. The average Bonchev–Trinajstić information content (AvgIpc) is 2.41. The standard InChI is InChI=1S/2C8H11P.2ClH/c2*1-9(2)8-6-4-3-5-7-8;;/h2*3-7H,1-2H3;2*1H. The van der Waals surface area contributed by atoms with Gasteiger partial charge in [0.2, 0.25) is 0 Å². The maximum Gasteiger partial charge on any atom is -0.0246 e. The first-order valence-corrected chi connectivity index (χ1v) is 10.5. The summed E-state index contributed by atoms with van der Waals surface area (Å²) >= 11 is 0. The Morgan fingerprint density at radius 1 is 0.500 bits per heavy atom. The van der Waals surface area contributed by atoms with Crippen molar-refractivity contribution in [1.29, 1.82) is 0 Å². The van der Waals surface area contributed by atoms with E-state index in [1.165, 1.54) is 10.6 Å². The van der Waals surface area contributed by atoms with Crippen molar-refractivity contribution >= 4 is 51.3 Å². The molecule has 0 aliphatic heterocycles. The lowest BCUT2D eigenvalue weighted by molar-refractivity contribution is 1.77. The van der Waals surface area contributed by atoms with Gasteiger partial charge >= 0.3 is 0 Å². The lowest BCUT2D eigenvalue weighted by atomic mass is 10.4. The van der Waals surface area contributed by atoms with Gasteiger partial charge in [0.1, 0.15) is 0 Å². The van der Waals surface area contributed by atoms with Crippen LogP contribution in [-0.4, -0.2) is 26.7 Å². The van der Waals surface area contributed by atoms with Gasteiger partial charge in [-0.3, -0.25) is 0 Å². The van der Waals surface area contributed by atoms with Crippen molar-refractivity contribution in [3.8, 4) is 0 Å². The molecular weight excluding hydrogens is 325 g/mol. The molecule has 4 heteroatoms. The van der Waals surface area contributed by atoms with E-state index in [9.17, 15) is 0 Å². The van der Waals surface area contributed by atoms with Crippen molar-refractivity contribution < 1.29 is 0 Å². The fraction of sp³-hybridized carbons (Fsp3) is 0.250. The SMILES string of the molecule is CP(C)c1ccccc1.CP(C)c1ccccc1.Cl.Cl. The van der Waals surface area contributed by atoms with E-state index in [1.54, 1.807) is 0 Å². The monoisotopic (exact) mass is 348 g/mol. The van der Waals surface area contributed by atoms with E-state index < -0.39 is 0 Å². The Labute approximate surface area is 138 Å². The van der Waals surface area contributed by atoms with Crippen LogP contribution in [0.5, 0.6) is 0 Å². The van der Waals surface area contributed by atoms with E-state index in [0.717, 1.165) is 0 Å². The van der Waals surface area contributed by atoms with Gasteiger partial charge in [0.15, 0.2) is 0 Å². The highest BCUT2D eigenvalue weighted by Gasteiger charge is 1.93. The van der Waals surface area contributed by atoms with Gasteiger partial charge < -0.3 is 0 Å². The molecule has 0 saturated carbocycles. The maximum atomic E-state index is 2.27. The van der Waals surface area contributed by atoms with Crippen LogP contribution in [0.3, 0.4) is 0 Å². The molecule has 20 heavy (non-hydrogen) atoms. The lowest BCUT2D eigenvalue weighted by Gasteiger charge is -2.02. The number of hydrogen-bond donors (Lipinski definition) is 0. The Morgan fingerprint density at radius 2 is 0.750 bits per heavy atom. The van der Waals surface area contributed by atoms with Crippen LogP contribution in [0.15, 0.2) is 60.7 Å². The molecule has 0 aliphatic carbocycles. The van der Waals surface area contributed by atoms with E-state index in [4.69, 9.17) is 0 Å². The van der Waals surface area contributed by atoms with Crippen LogP contribution in [0.4, 0.5) is 0 Å². The average molecular weight is 349 g/mol. The third-order valence-electron chi connectivity index (χ3n) is 2.55. The van der Waals surface area contributed by atoms with Crippen LogP contribution in [0.2, 0.25) is 0 Å². The molecule has 0 atom stereocenters. The summed E-state index contributed by atoms with van der Waals surface area (Å²) in [7, 11) is 0.209. The zero-order valence-electron chi connectivity index (χ0n) is 12.5. The summed E-state index contributed by atoms with van der Waals surface area (Å²) in [6.45, 7) is 9.07. The zero-order chi connectivity index (χ0) is 13.4. The second-order valence-electron chi connectivity index (χ2n) is 4.46. The Morgan fingerprint density at radius 3 is 0.900 bits per heavy atom. The first-order chi connectivity index (χ1) is 8.61. The van der Waals surface area contributed by atoms with E-state index in [1.807, 2.05) is 0 Å². The molecule has 0 radical (unpaired) electrons. The van der Waals surface area contributed by atoms with E-state index in [0.29, 0.717) is 0 Å². The first kappa shape index (κ1) is 22.2. The highest BCUT2D eigenvalue weighted by Crippen LogP contribution is 2.22. The molecule has 2 aromatic carbocycles. The summed E-state index contributed by atoms with van der Waals surface area (Å²) in [6, 6.07) is 21.2. The van der Waals surface area contributed by atoms with E-state index >= 15 is 0 Å². The fourth-order valence-electron chi connectivity index (χ4n) is 1.45. The van der Waals surface area contributed by atoms with Crippen molar-refractivity contribution in [2.45, 2.75) is 0 Å². The van der Waals surface area contributed by atoms with Crippen LogP contribution < -0.4 is 10.6 Å². The molecule has 2 rings (SSSR count). The van der Waals surface area contributed by atoms with Crippen LogP contribution in [0.1, 0.15) is 0 Å². The topological polar surface area (TPSA) is 0 Å². The number of hydrogen-bond acceptors (Lipinski definition) is 0. The van der Waals surface area contributed by atoms with Crippen LogP contribution >= 0.6 is 40.7 Å². The molecular formula is C16H24Cl2P2. The third-order valence-corrected chi connectivity index (χ3v) is 5.21. The predicted molar refractivity (Wildman–Crippen MR) is 104 cm³/mol. The van der Waals surface area contributed by atoms with Crippen molar-refractivity contribution in [2.75, 3.05) is 26.7 Å². The molecule has 0 aromatic heterocycles. The summed E-state index contributed by atoms with van der Waals surface area (Å²) < 4.78 is 0. The molecule has 0 saturated heterocycles. The minimum Gasteiger partial charge on any atom is -0.147 e. The Hall–Kier alpha value is -0.120. The van der Waals surface area contributed by atoms with Gasteiger partial charge in [-0.15, -0.1) is 24.8 Å². The van der Waals surface area contributed by atoms with Crippen molar-refractivity contribution in [3.05, 3.63) is 60.7 Å². The van der Waals surface area contributed by atoms with Crippen LogP contribution in [0.25, 0.3) is 0 Å². The quantitative estimate of drug-likeness (QED) is 0.673. The van der Waals surface area contributed by atoms with Gasteiger partial charge in [-0.2, -0.15) is 0 Å². The molecule has 0 unspecified atom stereocenters. The van der Waals surface area contributed by atoms with Crippen LogP contribution in [-0.2, 0) is 0 Å². The Bertz CT molecular complexity index is 387. The summed E-state index contributed by atoms with van der Waals surface area (Å²) in [5, 5.41) is 2.96. The molecule has 2 aromatic rings. The molecule has 0 bridgehead atoms. The summed E-state index contributed by atoms with van der Waals surface area (Å²) in [5.74, 6) is 0. The zero-order valence-corrected chi connectivity index (χ0v) is 15.9. The molecule has 0 nitrogen and oxygen atoms in total. The molecule has 112 valence electrons. The third kappa shape index (κ3) is 8.93. The first-order valence-electron chi connectivity index (χ1n) is 6.06. The number of benzene rings is 2. The van der Waals surface area contributed by atoms with Gasteiger partial charge in [-0.05, 0) is 37.3 Å². The van der Waals surface area contributed by atoms with Crippen LogP contribution in [0, 0.1) is 0 Å². The van der Waals surface area contributed by atoms with Gasteiger partial charge in [-0.25, -0.2) is 0 Å². The Balaban J connectivity index is 0. The van der Waals surface area contributed by atoms with Gasteiger partial charge in [0.05, 0.1) is 0 Å². The van der Waals surface area contributed by atoms with Crippen molar-refractivity contribution in [3.63, 3.8) is 0 Å². The van der Waals surface area contributed by atoms with Gasteiger partial charge in [-0.1, -0.05) is 76.5 Å². The minimum absolute atomic E-state index is 0. The summed E-state index contributed by atoms with van der Waals surface area (Å²) in [5.41, 5.74) is 0. The summed E-state index contributed by atoms with van der Waals surface area (Å²) in [4.78, 5) is 0. The highest BCUT2D eigenvalue weighted by atomic mass is 35.5. The smallest absolute Gasteiger partial charge is 0.0246 e. The summed E-state index contributed by atoms with van der Waals surface area (Å²) in [6.07, 6.45) is 0. The van der Waals surface area contributed by atoms with E-state index in [2.05, 4.69) is 87.3 Å². The second kappa shape index (κ2) is 12.6. The van der Waals surface area contributed by atoms with Crippen molar-refractivity contribution in [1.82, 2.24) is 0 Å². The highest BCUT2D eigenvalue weighted by molar-refractivity contribution is 7.64. The fourth-order valence-corrected chi connectivity index (χ4v) is 2.99. The Kier molecular flexibility index (Phi) is 14.0. The molecule has 0 heterocycles. The maximum absolute atomic E-state index is 2.27. The normalized spacial score (nSPS) is 9.10. The van der Waals surface area contributed by atoms with Crippen molar-refractivity contribution in [2.24, 2.45) is 0 Å². The van der Waals surface area contributed by atoms with Gasteiger partial charge in [0.25, 0.3) is 0 Å². The lowest BCUT2D eigenvalue weighted by Crippen LogP contribution is -1.95. The number of halogens is 2. The number of rotatable bonds is 2. The largest absolute Gasteiger partial charge is 0.147 e. The molecule has 0 N–H and O–H groups in total. The van der Waals surface area contributed by atoms with Gasteiger partial charge in [0, 0.05) is 0 Å². The molecule has 0 amide bonds. The minimum atomic E-state index is 0.